The molecule has 0 N–H and O–H groups in total. The first-order chi connectivity index (χ1) is 14.5. The minimum absolute atomic E-state index is 0.130. The van der Waals surface area contributed by atoms with Crippen LogP contribution in [0.15, 0.2) is 42.6 Å². The Hall–Kier alpha value is -2.45. The van der Waals surface area contributed by atoms with Crippen molar-refractivity contribution in [2.75, 3.05) is 19.7 Å². The number of hydrogen-bond acceptors (Lipinski definition) is 4. The van der Waals surface area contributed by atoms with Crippen LogP contribution in [-0.2, 0) is 24.1 Å². The summed E-state index contributed by atoms with van der Waals surface area (Å²) in [6.07, 6.45) is -2.87. The van der Waals surface area contributed by atoms with Crippen molar-refractivity contribution < 1.29 is 17.9 Å². The van der Waals surface area contributed by atoms with Crippen LogP contribution in [0, 0.1) is 11.8 Å². The Balaban J connectivity index is 1.36. The third-order valence-corrected chi connectivity index (χ3v) is 6.30. The molecular formula is C22H23F3N4O. The fourth-order valence-electron chi connectivity index (χ4n) is 4.93. The monoisotopic (exact) mass is 416 g/mol. The first-order valence-electron chi connectivity index (χ1n) is 10.2. The van der Waals surface area contributed by atoms with Crippen molar-refractivity contribution in [1.82, 2.24) is 19.5 Å². The van der Waals surface area contributed by atoms with E-state index in [9.17, 15) is 13.2 Å². The van der Waals surface area contributed by atoms with Gasteiger partial charge in [0.25, 0.3) is 0 Å². The molecule has 1 aliphatic carbocycles. The number of fused-ring (bicyclic) bond motifs is 2. The summed E-state index contributed by atoms with van der Waals surface area (Å²) >= 11 is 0. The van der Waals surface area contributed by atoms with Gasteiger partial charge in [-0.1, -0.05) is 30.3 Å². The second-order valence-electron chi connectivity index (χ2n) is 8.12. The maximum atomic E-state index is 14.0. The van der Waals surface area contributed by atoms with Crippen LogP contribution in [0.2, 0.25) is 0 Å². The highest BCUT2D eigenvalue weighted by Gasteiger charge is 2.56. The van der Waals surface area contributed by atoms with Crippen molar-refractivity contribution in [3.63, 3.8) is 0 Å². The molecule has 1 aromatic carbocycles. The van der Waals surface area contributed by atoms with E-state index >= 15 is 0 Å². The molecule has 5 rings (SSSR count). The summed E-state index contributed by atoms with van der Waals surface area (Å²) in [7, 11) is 0. The van der Waals surface area contributed by atoms with Gasteiger partial charge < -0.3 is 4.74 Å². The molecule has 2 aromatic heterocycles. The van der Waals surface area contributed by atoms with Gasteiger partial charge in [-0.3, -0.25) is 9.30 Å². The Morgan fingerprint density at radius 1 is 1.07 bits per heavy atom. The zero-order valence-corrected chi connectivity index (χ0v) is 16.6. The number of piperidine rings is 1. The minimum atomic E-state index is -4.50. The topological polar surface area (TPSA) is 42.7 Å². The summed E-state index contributed by atoms with van der Waals surface area (Å²) in [5.41, 5.74) is 0.749. The molecule has 0 spiro atoms. The molecule has 3 heterocycles. The van der Waals surface area contributed by atoms with E-state index in [4.69, 9.17) is 4.74 Å². The predicted octanol–water partition coefficient (Wildman–Crippen LogP) is 4.13. The van der Waals surface area contributed by atoms with Crippen LogP contribution in [0.1, 0.15) is 35.4 Å². The number of benzene rings is 1. The molecule has 2 aliphatic rings. The largest absolute Gasteiger partial charge is 0.420 e. The number of halogens is 3. The quantitative estimate of drug-likeness (QED) is 0.606. The van der Waals surface area contributed by atoms with E-state index in [1.807, 2.05) is 25.1 Å². The Kier molecular flexibility index (Phi) is 4.78. The lowest BCUT2D eigenvalue weighted by Gasteiger charge is -2.22. The maximum absolute atomic E-state index is 14.0. The molecule has 30 heavy (non-hydrogen) atoms. The van der Waals surface area contributed by atoms with E-state index in [0.717, 1.165) is 13.1 Å². The molecule has 0 amide bonds. The van der Waals surface area contributed by atoms with Crippen molar-refractivity contribution in [3.8, 4) is 0 Å². The zero-order valence-electron chi connectivity index (χ0n) is 16.6. The highest BCUT2D eigenvalue weighted by Crippen LogP contribution is 2.58. The smallest absolute Gasteiger partial charge is 0.374 e. The normalized spacial score (nSPS) is 23.8. The summed E-state index contributed by atoms with van der Waals surface area (Å²) in [5, 5.41) is 7.76. The minimum Gasteiger partial charge on any atom is -0.374 e. The van der Waals surface area contributed by atoms with Gasteiger partial charge in [-0.25, -0.2) is 0 Å². The van der Waals surface area contributed by atoms with Gasteiger partial charge in [0.15, 0.2) is 11.5 Å². The summed E-state index contributed by atoms with van der Waals surface area (Å²) in [4.78, 5) is 2.13. The number of alkyl halides is 3. The summed E-state index contributed by atoms with van der Waals surface area (Å²) < 4.78 is 48.5. The van der Waals surface area contributed by atoms with Gasteiger partial charge >= 0.3 is 6.18 Å². The lowest BCUT2D eigenvalue weighted by molar-refractivity contribution is -0.137. The molecular weight excluding hydrogens is 393 g/mol. The molecule has 2 fully saturated rings. The number of rotatable bonds is 6. The van der Waals surface area contributed by atoms with Crippen LogP contribution in [0.25, 0.3) is 5.65 Å². The number of likely N-dealkylation sites (tertiary alicyclic amines) is 1. The molecule has 5 nitrogen and oxygen atoms in total. The first kappa shape index (κ1) is 19.5. The predicted molar refractivity (Wildman–Crippen MR) is 105 cm³/mol. The Morgan fingerprint density at radius 3 is 2.47 bits per heavy atom. The van der Waals surface area contributed by atoms with Crippen LogP contribution in [0.5, 0.6) is 0 Å². The van der Waals surface area contributed by atoms with Crippen molar-refractivity contribution >= 4 is 5.65 Å². The van der Waals surface area contributed by atoms with E-state index in [1.54, 1.807) is 12.3 Å². The lowest BCUT2D eigenvalue weighted by Crippen LogP contribution is -2.26. The number of nitrogens with zero attached hydrogens (tertiary/aromatic N) is 4. The zero-order chi connectivity index (χ0) is 20.9. The summed E-state index contributed by atoms with van der Waals surface area (Å²) in [6.45, 7) is 4.34. The molecule has 1 saturated heterocycles. The van der Waals surface area contributed by atoms with E-state index in [1.165, 1.54) is 9.96 Å². The van der Waals surface area contributed by atoms with Crippen LogP contribution < -0.4 is 0 Å². The van der Waals surface area contributed by atoms with Crippen molar-refractivity contribution in [2.24, 2.45) is 11.8 Å². The number of aromatic nitrogens is 3. The van der Waals surface area contributed by atoms with Crippen LogP contribution in [0.4, 0.5) is 13.2 Å². The molecule has 1 aliphatic heterocycles. The Morgan fingerprint density at radius 2 is 1.80 bits per heavy atom. The molecule has 0 bridgehead atoms. The molecule has 158 valence electrons. The van der Waals surface area contributed by atoms with Gasteiger partial charge in [0.05, 0.1) is 0 Å². The van der Waals surface area contributed by atoms with Crippen LogP contribution >= 0.6 is 0 Å². The van der Waals surface area contributed by atoms with Gasteiger partial charge in [-0.05, 0) is 41.9 Å². The molecule has 8 heteroatoms. The third kappa shape index (κ3) is 3.37. The van der Waals surface area contributed by atoms with Gasteiger partial charge in [-0.15, -0.1) is 10.2 Å². The SMILES string of the molecule is CCOCc1nnc2c(C(F)(F)F)c(CN3CC4C(C3)C4c3ccccc3)ccn12. The van der Waals surface area contributed by atoms with Crippen molar-refractivity contribution in [1.29, 1.82) is 0 Å². The highest BCUT2D eigenvalue weighted by atomic mass is 19.4. The highest BCUT2D eigenvalue weighted by molar-refractivity contribution is 5.53. The molecule has 2 atom stereocenters. The van der Waals surface area contributed by atoms with Gasteiger partial charge in [-0.2, -0.15) is 13.2 Å². The second-order valence-corrected chi connectivity index (χ2v) is 8.12. The average Bonchev–Trinajstić information content (AvgIpc) is 3.04. The molecule has 3 aromatic rings. The summed E-state index contributed by atoms with van der Waals surface area (Å²) in [5.74, 6) is 1.99. The fourth-order valence-corrected chi connectivity index (χ4v) is 4.93. The first-order valence-corrected chi connectivity index (χ1v) is 10.2. The average molecular weight is 416 g/mol. The molecule has 2 unspecified atom stereocenters. The molecule has 0 radical (unpaired) electrons. The maximum Gasteiger partial charge on any atom is 0.420 e. The summed E-state index contributed by atoms with van der Waals surface area (Å²) in [6, 6.07) is 11.9. The second kappa shape index (κ2) is 7.35. The number of pyridine rings is 1. The standard InChI is InChI=1S/C22H23F3N4O/c1-2-30-13-18-26-27-21-20(22(23,24)25)15(8-9-29(18)21)10-28-11-16-17(12-28)19(16)14-6-4-3-5-7-14/h3-9,16-17,19H,2,10-13H2,1H3. The Labute approximate surface area is 172 Å². The van der Waals surface area contributed by atoms with Crippen molar-refractivity contribution in [2.45, 2.75) is 32.2 Å². The lowest BCUT2D eigenvalue weighted by atomic mass is 10.1. The van der Waals surface area contributed by atoms with E-state index < -0.39 is 11.7 Å². The van der Waals surface area contributed by atoms with Gasteiger partial charge in [0.2, 0.25) is 0 Å². The number of ether oxygens (including phenoxy) is 1. The van der Waals surface area contributed by atoms with Crippen LogP contribution in [-0.4, -0.2) is 39.2 Å². The van der Waals surface area contributed by atoms with Crippen LogP contribution in [0.3, 0.4) is 0 Å². The van der Waals surface area contributed by atoms with E-state index in [0.29, 0.717) is 30.2 Å². The van der Waals surface area contributed by atoms with Crippen molar-refractivity contribution in [3.05, 3.63) is 65.1 Å². The number of hydrogen-bond donors (Lipinski definition) is 0. The Bertz CT molecular complexity index is 1040. The van der Waals surface area contributed by atoms with E-state index in [2.05, 4.69) is 27.2 Å². The molecule has 1 saturated carbocycles. The fraction of sp³-hybridized carbons (Fsp3) is 0.455. The van der Waals surface area contributed by atoms with Gasteiger partial charge in [0, 0.05) is 32.4 Å². The van der Waals surface area contributed by atoms with E-state index in [-0.39, 0.29) is 24.4 Å². The third-order valence-electron chi connectivity index (χ3n) is 6.30. The van der Waals surface area contributed by atoms with Gasteiger partial charge in [0.1, 0.15) is 12.2 Å².